The second kappa shape index (κ2) is 11.6. The lowest BCUT2D eigenvalue weighted by molar-refractivity contribution is -0.139. The average Bonchev–Trinajstić information content (AvgIpc) is 3.52. The van der Waals surface area contributed by atoms with E-state index in [0.717, 1.165) is 5.56 Å². The molecule has 4 aromatic rings. The fourth-order valence-corrected chi connectivity index (χ4v) is 5.81. The molecule has 1 aliphatic rings. The van der Waals surface area contributed by atoms with Crippen molar-refractivity contribution in [2.45, 2.75) is 26.8 Å². The molecule has 1 aliphatic heterocycles. The number of nitrogens with zero attached hydrogens (tertiary/aromatic N) is 2. The van der Waals surface area contributed by atoms with E-state index in [-0.39, 0.29) is 17.7 Å². The van der Waals surface area contributed by atoms with Crippen LogP contribution in [-0.2, 0) is 9.53 Å². The lowest BCUT2D eigenvalue weighted by atomic mass is 9.95. The second-order valence-electron chi connectivity index (χ2n) is 8.86. The van der Waals surface area contributed by atoms with Crippen LogP contribution in [0, 0.1) is 0 Å². The van der Waals surface area contributed by atoms with E-state index in [1.54, 1.807) is 51.3 Å². The third kappa shape index (κ3) is 5.22. The van der Waals surface area contributed by atoms with E-state index in [0.29, 0.717) is 55.2 Å². The van der Waals surface area contributed by atoms with Gasteiger partial charge < -0.3 is 18.6 Å². The van der Waals surface area contributed by atoms with Crippen LogP contribution in [0.4, 0.5) is 0 Å². The molecule has 0 amide bonds. The van der Waals surface area contributed by atoms with Gasteiger partial charge in [0.15, 0.2) is 16.3 Å². The summed E-state index contributed by atoms with van der Waals surface area (Å²) in [5.41, 5.74) is 1.95. The predicted octanol–water partition coefficient (Wildman–Crippen LogP) is 5.12. The summed E-state index contributed by atoms with van der Waals surface area (Å²) in [5.74, 6) is 1.65. The Kier molecular flexibility index (Phi) is 7.95. The maximum Gasteiger partial charge on any atom is 0.338 e. The number of benzene rings is 2. The number of hydrogen-bond donors (Lipinski definition) is 0. The predicted molar refractivity (Wildman–Crippen MR) is 154 cm³/mol. The highest BCUT2D eigenvalue weighted by atomic mass is 35.5. The number of carbonyl (C=O) groups is 1. The van der Waals surface area contributed by atoms with Crippen molar-refractivity contribution in [1.82, 2.24) is 4.57 Å². The maximum atomic E-state index is 13.9. The van der Waals surface area contributed by atoms with Crippen molar-refractivity contribution >= 4 is 35.0 Å². The lowest BCUT2D eigenvalue weighted by Crippen LogP contribution is -2.39. The summed E-state index contributed by atoms with van der Waals surface area (Å²) in [7, 11) is 1.56. The highest BCUT2D eigenvalue weighted by Gasteiger charge is 2.34. The Morgan fingerprint density at radius 3 is 2.67 bits per heavy atom. The van der Waals surface area contributed by atoms with Crippen molar-refractivity contribution in [1.29, 1.82) is 0 Å². The fraction of sp³-hybridized carbons (Fsp3) is 0.233. The maximum absolute atomic E-state index is 13.9. The number of ether oxygens (including phenoxy) is 3. The Labute approximate surface area is 239 Å². The first kappa shape index (κ1) is 27.5. The van der Waals surface area contributed by atoms with E-state index in [1.165, 1.54) is 15.9 Å². The van der Waals surface area contributed by atoms with E-state index in [9.17, 15) is 9.59 Å². The van der Waals surface area contributed by atoms with Crippen LogP contribution in [0.25, 0.3) is 17.4 Å². The molecule has 10 heteroatoms. The number of carbonyl (C=O) groups excluding carboxylic acids is 1. The molecule has 0 saturated heterocycles. The zero-order chi connectivity index (χ0) is 28.4. The molecule has 40 heavy (non-hydrogen) atoms. The molecule has 2 aromatic heterocycles. The van der Waals surface area contributed by atoms with Crippen LogP contribution in [0.5, 0.6) is 11.5 Å². The summed E-state index contributed by atoms with van der Waals surface area (Å²) in [6.45, 7) is 5.96. The molecule has 0 fully saturated rings. The van der Waals surface area contributed by atoms with Gasteiger partial charge in [0.25, 0.3) is 5.56 Å². The van der Waals surface area contributed by atoms with Crippen LogP contribution in [0.3, 0.4) is 0 Å². The van der Waals surface area contributed by atoms with Crippen LogP contribution in [0.2, 0.25) is 5.02 Å². The van der Waals surface area contributed by atoms with Gasteiger partial charge in [-0.1, -0.05) is 41.1 Å². The minimum atomic E-state index is -0.777. The summed E-state index contributed by atoms with van der Waals surface area (Å²) in [4.78, 5) is 32.1. The Hall–Kier alpha value is -4.08. The number of rotatable bonds is 8. The molecule has 8 nitrogen and oxygen atoms in total. The first-order valence-electron chi connectivity index (χ1n) is 12.7. The smallest absolute Gasteiger partial charge is 0.338 e. The molecule has 3 heterocycles. The SMILES string of the molecule is CCOC(=O)C1=C(C)N=c2s/c(=C\c3ccc(-c4cccc(Cl)c4)o3)c(=O)n2[C@H]1c1ccc(OC)c(OCC)c1. The van der Waals surface area contributed by atoms with Gasteiger partial charge in [0.05, 0.1) is 42.2 Å². The Bertz CT molecular complexity index is 1800. The number of fused-ring (bicyclic) bond motifs is 1. The van der Waals surface area contributed by atoms with Gasteiger partial charge in [0.1, 0.15) is 11.5 Å². The van der Waals surface area contributed by atoms with Gasteiger partial charge in [-0.15, -0.1) is 0 Å². The van der Waals surface area contributed by atoms with Crippen molar-refractivity contribution < 1.29 is 23.4 Å². The number of methoxy groups -OCH3 is 1. The van der Waals surface area contributed by atoms with Gasteiger partial charge in [0.2, 0.25) is 0 Å². The molecule has 5 rings (SSSR count). The molecular weight excluding hydrogens is 552 g/mol. The molecule has 1 atom stereocenters. The summed E-state index contributed by atoms with van der Waals surface area (Å²) < 4.78 is 24.5. The molecule has 0 saturated carbocycles. The van der Waals surface area contributed by atoms with Gasteiger partial charge in [-0.2, -0.15) is 0 Å². The fourth-order valence-electron chi connectivity index (χ4n) is 4.60. The highest BCUT2D eigenvalue weighted by molar-refractivity contribution is 7.07. The molecule has 2 aromatic carbocycles. The molecule has 0 radical (unpaired) electrons. The number of esters is 1. The van der Waals surface area contributed by atoms with Crippen LogP contribution in [0.1, 0.15) is 38.1 Å². The molecule has 0 unspecified atom stereocenters. The normalized spacial score (nSPS) is 15.0. The van der Waals surface area contributed by atoms with E-state index >= 15 is 0 Å². The molecular formula is C30H27ClN2O6S. The van der Waals surface area contributed by atoms with Gasteiger partial charge in [-0.25, -0.2) is 9.79 Å². The molecule has 0 bridgehead atoms. The molecule has 0 spiro atoms. The number of aromatic nitrogens is 1. The van der Waals surface area contributed by atoms with Crippen LogP contribution >= 0.6 is 22.9 Å². The number of halogens is 1. The molecule has 0 N–H and O–H groups in total. The van der Waals surface area contributed by atoms with Crippen LogP contribution in [-0.4, -0.2) is 30.9 Å². The van der Waals surface area contributed by atoms with E-state index in [1.807, 2.05) is 37.3 Å². The summed E-state index contributed by atoms with van der Waals surface area (Å²) in [6, 6.07) is 15.5. The van der Waals surface area contributed by atoms with E-state index in [2.05, 4.69) is 4.99 Å². The first-order chi connectivity index (χ1) is 19.3. The Balaban J connectivity index is 1.66. The minimum Gasteiger partial charge on any atom is -0.493 e. The first-order valence-corrected chi connectivity index (χ1v) is 13.9. The summed E-state index contributed by atoms with van der Waals surface area (Å²) in [5, 5.41) is 0.600. The van der Waals surface area contributed by atoms with Gasteiger partial charge >= 0.3 is 5.97 Å². The standard InChI is InChI=1S/C30H27ClN2O6S/c1-5-37-24-15-19(10-12-23(24)36-4)27-26(29(35)38-6-2)17(3)32-30-33(27)28(34)25(40-30)16-21-11-13-22(39-21)18-8-7-9-20(31)14-18/h7-16,27H,5-6H2,1-4H3/b25-16-/t27-/m0/s1. The topological polar surface area (TPSA) is 92.3 Å². The Morgan fingerprint density at radius 1 is 1.12 bits per heavy atom. The van der Waals surface area contributed by atoms with Gasteiger partial charge in [-0.05, 0) is 62.7 Å². The zero-order valence-electron chi connectivity index (χ0n) is 22.4. The average molecular weight is 579 g/mol. The van der Waals surface area contributed by atoms with Gasteiger partial charge in [0, 0.05) is 16.7 Å². The number of hydrogen-bond acceptors (Lipinski definition) is 8. The van der Waals surface area contributed by atoms with Crippen molar-refractivity contribution in [3.8, 4) is 22.8 Å². The minimum absolute atomic E-state index is 0.188. The van der Waals surface area contributed by atoms with Crippen LogP contribution < -0.4 is 24.4 Å². The zero-order valence-corrected chi connectivity index (χ0v) is 24.0. The third-order valence-electron chi connectivity index (χ3n) is 6.33. The number of allylic oxidation sites excluding steroid dienone is 1. The quantitative estimate of drug-likeness (QED) is 0.270. The van der Waals surface area contributed by atoms with Crippen molar-refractivity contribution in [3.05, 3.63) is 102 Å². The number of furan rings is 1. The van der Waals surface area contributed by atoms with Crippen molar-refractivity contribution in [2.75, 3.05) is 20.3 Å². The van der Waals surface area contributed by atoms with E-state index in [4.69, 9.17) is 30.2 Å². The molecule has 0 aliphatic carbocycles. The van der Waals surface area contributed by atoms with Crippen molar-refractivity contribution in [3.63, 3.8) is 0 Å². The van der Waals surface area contributed by atoms with Crippen molar-refractivity contribution in [2.24, 2.45) is 4.99 Å². The van der Waals surface area contributed by atoms with Crippen LogP contribution in [0.15, 0.2) is 80.1 Å². The third-order valence-corrected chi connectivity index (χ3v) is 7.55. The summed E-state index contributed by atoms with van der Waals surface area (Å²) in [6.07, 6.45) is 1.68. The largest absolute Gasteiger partial charge is 0.493 e. The molecule has 206 valence electrons. The van der Waals surface area contributed by atoms with E-state index < -0.39 is 12.0 Å². The lowest BCUT2D eigenvalue weighted by Gasteiger charge is -2.25. The number of thiazole rings is 1. The highest BCUT2D eigenvalue weighted by Crippen LogP contribution is 2.36. The Morgan fingerprint density at radius 2 is 1.95 bits per heavy atom. The monoisotopic (exact) mass is 578 g/mol. The summed E-state index contributed by atoms with van der Waals surface area (Å²) >= 11 is 7.35. The second-order valence-corrected chi connectivity index (χ2v) is 10.3. The van der Waals surface area contributed by atoms with Gasteiger partial charge in [-0.3, -0.25) is 9.36 Å².